The average Bonchev–Trinajstić information content (AvgIpc) is 2.83. The molecular weight excluding hydrogens is 450 g/mol. The molecule has 4 aliphatic carbocycles. The fraction of sp³-hybridized carbons (Fsp3) is 0.484. The van der Waals surface area contributed by atoms with Crippen molar-refractivity contribution in [2.75, 3.05) is 13.2 Å². The Bertz CT molecular complexity index is 1130. The van der Waals surface area contributed by atoms with Crippen molar-refractivity contribution in [1.29, 1.82) is 0 Å². The molecule has 0 spiro atoms. The second-order valence-electron chi connectivity index (χ2n) is 11.4. The third-order valence-corrected chi connectivity index (χ3v) is 8.69. The maximum atomic E-state index is 11.2. The first kappa shape index (κ1) is 24.8. The monoisotopic (exact) mass is 487 g/mol. The number of aryl methyl sites for hydroxylation is 1. The van der Waals surface area contributed by atoms with Crippen LogP contribution in [0, 0.1) is 17.8 Å². The molecule has 1 amide bonds. The Kier molecular flexibility index (Phi) is 7.03. The lowest BCUT2D eigenvalue weighted by Crippen LogP contribution is -2.49. The van der Waals surface area contributed by atoms with Crippen LogP contribution in [0.15, 0.2) is 42.5 Å². The van der Waals surface area contributed by atoms with Crippen LogP contribution in [0.2, 0.25) is 0 Å². The van der Waals surface area contributed by atoms with E-state index in [0.29, 0.717) is 12.2 Å². The molecule has 0 radical (unpaired) electrons. The molecule has 0 atom stereocenters. The lowest BCUT2D eigenvalue weighted by molar-refractivity contribution is -0.122. The van der Waals surface area contributed by atoms with Gasteiger partial charge in [0.1, 0.15) is 6.61 Å². The van der Waals surface area contributed by atoms with E-state index < -0.39 is 11.9 Å². The lowest BCUT2D eigenvalue weighted by atomic mass is 9.47. The Morgan fingerprint density at radius 1 is 1.00 bits per heavy atom. The van der Waals surface area contributed by atoms with E-state index in [1.54, 1.807) is 12.1 Å². The number of carbonyl (C=O) groups excluding carboxylic acids is 1. The minimum absolute atomic E-state index is 0.0157. The largest absolute Gasteiger partial charge is 0.478 e. The number of aromatic carboxylic acids is 1. The number of benzene rings is 2. The molecule has 4 fully saturated rings. The molecule has 0 aliphatic heterocycles. The Hall–Kier alpha value is -2.92. The van der Waals surface area contributed by atoms with Crippen molar-refractivity contribution in [2.45, 2.75) is 63.7 Å². The second-order valence-corrected chi connectivity index (χ2v) is 11.4. The molecule has 190 valence electrons. The number of ether oxygens (including phenoxy) is 1. The van der Waals surface area contributed by atoms with Crippen LogP contribution >= 0.6 is 0 Å². The summed E-state index contributed by atoms with van der Waals surface area (Å²) in [5.74, 6) is 1.29. The number of hydrogen-bond acceptors (Lipinski definition) is 3. The van der Waals surface area contributed by atoms with Gasteiger partial charge in [-0.15, -0.1) is 0 Å². The minimum atomic E-state index is -0.905. The quantitative estimate of drug-likeness (QED) is 0.325. The van der Waals surface area contributed by atoms with E-state index in [0.717, 1.165) is 36.2 Å². The van der Waals surface area contributed by atoms with Gasteiger partial charge in [0.2, 0.25) is 5.91 Å². The highest BCUT2D eigenvalue weighted by Gasteiger charge is 2.52. The molecule has 0 unspecified atom stereocenters. The summed E-state index contributed by atoms with van der Waals surface area (Å²) >= 11 is 0. The lowest BCUT2D eigenvalue weighted by Gasteiger charge is -2.57. The zero-order valence-electron chi connectivity index (χ0n) is 21.2. The van der Waals surface area contributed by atoms with Crippen molar-refractivity contribution < 1.29 is 19.4 Å². The van der Waals surface area contributed by atoms with Gasteiger partial charge in [-0.1, -0.05) is 36.4 Å². The summed E-state index contributed by atoms with van der Waals surface area (Å²) in [4.78, 5) is 22.2. The minimum Gasteiger partial charge on any atom is -0.478 e. The van der Waals surface area contributed by atoms with Gasteiger partial charge in [-0.3, -0.25) is 4.79 Å². The molecule has 2 aromatic rings. The van der Waals surface area contributed by atoms with E-state index in [9.17, 15) is 14.7 Å². The molecule has 0 aromatic heterocycles. The van der Waals surface area contributed by atoms with Crippen LogP contribution in [0.5, 0.6) is 0 Å². The predicted molar refractivity (Wildman–Crippen MR) is 142 cm³/mol. The second kappa shape index (κ2) is 10.2. The van der Waals surface area contributed by atoms with Crippen LogP contribution in [-0.2, 0) is 21.4 Å². The number of amides is 1. The summed E-state index contributed by atoms with van der Waals surface area (Å²) in [6.07, 6.45) is 12.1. The third-order valence-electron chi connectivity index (χ3n) is 8.69. The zero-order valence-corrected chi connectivity index (χ0v) is 21.2. The SMILES string of the molecule is CC(=Cc1ccc(C(=O)O)cc1)c1ccc(CCCOCC(N)=O)c(C23CC4CC(CC(C4)C2)C3)c1. The van der Waals surface area contributed by atoms with Crippen molar-refractivity contribution in [2.24, 2.45) is 23.5 Å². The van der Waals surface area contributed by atoms with Gasteiger partial charge in [-0.25, -0.2) is 4.79 Å². The Morgan fingerprint density at radius 3 is 2.19 bits per heavy atom. The number of primary amides is 1. The molecule has 3 N–H and O–H groups in total. The first-order valence-electron chi connectivity index (χ1n) is 13.3. The molecule has 5 heteroatoms. The van der Waals surface area contributed by atoms with Crippen LogP contribution in [-0.4, -0.2) is 30.2 Å². The van der Waals surface area contributed by atoms with E-state index in [1.807, 2.05) is 12.1 Å². The van der Waals surface area contributed by atoms with Gasteiger partial charge in [-0.2, -0.15) is 0 Å². The van der Waals surface area contributed by atoms with Gasteiger partial charge in [-0.05, 0) is 121 Å². The smallest absolute Gasteiger partial charge is 0.335 e. The van der Waals surface area contributed by atoms with Gasteiger partial charge >= 0.3 is 5.97 Å². The average molecular weight is 488 g/mol. The number of rotatable bonds is 10. The molecule has 4 aliphatic rings. The third kappa shape index (κ3) is 5.27. The fourth-order valence-electron chi connectivity index (χ4n) is 7.57. The van der Waals surface area contributed by atoms with Gasteiger partial charge in [0.25, 0.3) is 0 Å². The topological polar surface area (TPSA) is 89.6 Å². The number of carbonyl (C=O) groups is 2. The normalized spacial score (nSPS) is 26.8. The van der Waals surface area contributed by atoms with Crippen LogP contribution in [0.4, 0.5) is 0 Å². The zero-order chi connectivity index (χ0) is 25.3. The fourth-order valence-corrected chi connectivity index (χ4v) is 7.57. The highest BCUT2D eigenvalue weighted by Crippen LogP contribution is 2.61. The first-order valence-corrected chi connectivity index (χ1v) is 13.3. The number of carboxylic acids is 1. The van der Waals surface area contributed by atoms with Crippen molar-refractivity contribution in [3.8, 4) is 0 Å². The standard InChI is InChI=1S/C31H37NO4/c1-20(11-21-4-6-26(7-5-21)30(34)35)27-9-8-25(3-2-10-36-19-29(32)33)28(15-27)31-16-22-12-23(17-31)14-24(13-22)18-31/h4-9,11,15,22-24H,2-3,10,12-14,16-19H2,1H3,(H2,32,33)(H,34,35). The van der Waals surface area contributed by atoms with Gasteiger partial charge in [0.05, 0.1) is 5.56 Å². The molecule has 4 bridgehead atoms. The molecule has 4 saturated carbocycles. The number of nitrogens with two attached hydrogens (primary N) is 1. The van der Waals surface area contributed by atoms with Crippen molar-refractivity contribution in [1.82, 2.24) is 0 Å². The summed E-state index contributed by atoms with van der Waals surface area (Å²) in [5, 5.41) is 9.18. The van der Waals surface area contributed by atoms with Crippen molar-refractivity contribution >= 4 is 23.5 Å². The molecule has 0 heterocycles. The molecular formula is C31H37NO4. The Morgan fingerprint density at radius 2 is 1.61 bits per heavy atom. The van der Waals surface area contributed by atoms with Gasteiger partial charge < -0.3 is 15.6 Å². The molecule has 5 nitrogen and oxygen atoms in total. The Balaban J connectivity index is 1.43. The predicted octanol–water partition coefficient (Wildman–Crippen LogP) is 5.85. The number of hydrogen-bond donors (Lipinski definition) is 2. The summed E-state index contributed by atoms with van der Waals surface area (Å²) in [6.45, 7) is 2.66. The summed E-state index contributed by atoms with van der Waals surface area (Å²) in [6, 6.07) is 14.0. The van der Waals surface area contributed by atoms with E-state index >= 15 is 0 Å². The molecule has 36 heavy (non-hydrogen) atoms. The van der Waals surface area contributed by atoms with E-state index in [2.05, 4.69) is 31.2 Å². The molecule has 0 saturated heterocycles. The highest BCUT2D eigenvalue weighted by molar-refractivity contribution is 5.88. The van der Waals surface area contributed by atoms with Gasteiger partial charge in [0, 0.05) is 6.61 Å². The van der Waals surface area contributed by atoms with Crippen molar-refractivity contribution in [3.63, 3.8) is 0 Å². The molecule has 2 aromatic carbocycles. The van der Waals surface area contributed by atoms with E-state index in [-0.39, 0.29) is 12.0 Å². The van der Waals surface area contributed by atoms with E-state index in [1.165, 1.54) is 60.8 Å². The van der Waals surface area contributed by atoms with Crippen LogP contribution < -0.4 is 5.73 Å². The Labute approximate surface area is 213 Å². The van der Waals surface area contributed by atoms with E-state index in [4.69, 9.17) is 10.5 Å². The maximum Gasteiger partial charge on any atom is 0.335 e. The van der Waals surface area contributed by atoms with Gasteiger partial charge in [0.15, 0.2) is 0 Å². The van der Waals surface area contributed by atoms with Crippen molar-refractivity contribution in [3.05, 3.63) is 70.3 Å². The van der Waals surface area contributed by atoms with Crippen LogP contribution in [0.25, 0.3) is 11.6 Å². The summed E-state index contributed by atoms with van der Waals surface area (Å²) < 4.78 is 5.44. The van der Waals surface area contributed by atoms with Crippen LogP contribution in [0.3, 0.4) is 0 Å². The van der Waals surface area contributed by atoms with Crippen LogP contribution in [0.1, 0.15) is 84.5 Å². The number of carboxylic acid groups (broad SMARTS) is 1. The molecule has 6 rings (SSSR count). The summed E-state index contributed by atoms with van der Waals surface area (Å²) in [7, 11) is 0. The first-order chi connectivity index (χ1) is 17.3. The maximum absolute atomic E-state index is 11.2. The highest BCUT2D eigenvalue weighted by atomic mass is 16.5. The number of allylic oxidation sites excluding steroid dienone is 1. The summed E-state index contributed by atoms with van der Waals surface area (Å²) in [5.41, 5.74) is 12.2.